The third-order valence-electron chi connectivity index (χ3n) is 3.22. The van der Waals surface area contributed by atoms with Crippen LogP contribution in [0.4, 0.5) is 0 Å². The SMILES string of the molecule is O=C(Cn1c(-c2ccccc2)noc1=O)NN=Cc1ccccc1. The summed E-state index contributed by atoms with van der Waals surface area (Å²) in [5, 5.41) is 7.59. The van der Waals surface area contributed by atoms with Crippen molar-refractivity contribution in [3.05, 3.63) is 76.8 Å². The van der Waals surface area contributed by atoms with Gasteiger partial charge in [-0.2, -0.15) is 5.10 Å². The molecule has 0 saturated carbocycles. The smallest absolute Gasteiger partial charge is 0.295 e. The van der Waals surface area contributed by atoms with Crippen LogP contribution in [0.25, 0.3) is 11.4 Å². The molecule has 0 aliphatic carbocycles. The van der Waals surface area contributed by atoms with Gasteiger partial charge in [0.25, 0.3) is 5.91 Å². The van der Waals surface area contributed by atoms with Crippen LogP contribution in [0.15, 0.2) is 75.1 Å². The number of aromatic nitrogens is 2. The van der Waals surface area contributed by atoms with Crippen LogP contribution >= 0.6 is 0 Å². The van der Waals surface area contributed by atoms with Gasteiger partial charge < -0.3 is 0 Å². The number of hydrazone groups is 1. The molecule has 0 unspecified atom stereocenters. The van der Waals surface area contributed by atoms with Crippen molar-refractivity contribution >= 4 is 12.1 Å². The van der Waals surface area contributed by atoms with E-state index < -0.39 is 11.7 Å². The summed E-state index contributed by atoms with van der Waals surface area (Å²) in [6.07, 6.45) is 1.52. The maximum atomic E-state index is 12.0. The summed E-state index contributed by atoms with van der Waals surface area (Å²) in [4.78, 5) is 23.7. The molecule has 3 aromatic rings. The molecule has 0 radical (unpaired) electrons. The summed E-state index contributed by atoms with van der Waals surface area (Å²) >= 11 is 0. The molecule has 7 nitrogen and oxygen atoms in total. The second kappa shape index (κ2) is 7.19. The minimum absolute atomic E-state index is 0.237. The predicted molar refractivity (Wildman–Crippen MR) is 88.4 cm³/mol. The Labute approximate surface area is 137 Å². The number of nitrogens with one attached hydrogen (secondary N) is 1. The first kappa shape index (κ1) is 15.4. The number of rotatable bonds is 5. The first-order valence-electron chi connectivity index (χ1n) is 7.23. The van der Waals surface area contributed by atoms with Crippen LogP contribution in [0.1, 0.15) is 5.56 Å². The van der Waals surface area contributed by atoms with E-state index in [9.17, 15) is 9.59 Å². The van der Waals surface area contributed by atoms with Crippen molar-refractivity contribution in [1.29, 1.82) is 0 Å². The van der Waals surface area contributed by atoms with Gasteiger partial charge in [-0.05, 0) is 5.56 Å². The fourth-order valence-corrected chi connectivity index (χ4v) is 2.10. The van der Waals surface area contributed by atoms with E-state index in [4.69, 9.17) is 0 Å². The first-order chi connectivity index (χ1) is 11.7. The second-order valence-corrected chi connectivity index (χ2v) is 4.93. The Balaban J connectivity index is 1.70. The molecule has 0 bridgehead atoms. The molecule has 24 heavy (non-hydrogen) atoms. The number of amides is 1. The zero-order valence-electron chi connectivity index (χ0n) is 12.6. The zero-order valence-corrected chi connectivity index (χ0v) is 12.6. The Bertz CT molecular complexity index is 898. The number of hydrogen-bond donors (Lipinski definition) is 1. The number of carbonyl (C=O) groups is 1. The van der Waals surface area contributed by atoms with Gasteiger partial charge in [0.15, 0.2) is 5.82 Å². The van der Waals surface area contributed by atoms with Crippen molar-refractivity contribution < 1.29 is 9.32 Å². The van der Waals surface area contributed by atoms with E-state index in [1.807, 2.05) is 48.5 Å². The van der Waals surface area contributed by atoms with Crippen molar-refractivity contribution in [3.8, 4) is 11.4 Å². The van der Waals surface area contributed by atoms with E-state index in [0.717, 1.165) is 10.1 Å². The molecule has 0 aliphatic heterocycles. The Morgan fingerprint density at radius 3 is 2.50 bits per heavy atom. The summed E-state index contributed by atoms with van der Waals surface area (Å²) in [7, 11) is 0. The van der Waals surface area contributed by atoms with Crippen LogP contribution in [0, 0.1) is 0 Å². The van der Waals surface area contributed by atoms with Gasteiger partial charge in [-0.3, -0.25) is 9.32 Å². The molecule has 2 aromatic carbocycles. The molecule has 0 spiro atoms. The molecular formula is C17H14N4O3. The van der Waals surface area contributed by atoms with Crippen LogP contribution in [0.2, 0.25) is 0 Å². The number of benzene rings is 2. The van der Waals surface area contributed by atoms with Gasteiger partial charge in [0, 0.05) is 5.56 Å². The van der Waals surface area contributed by atoms with Crippen LogP contribution in [0.5, 0.6) is 0 Å². The molecule has 0 fully saturated rings. The summed E-state index contributed by atoms with van der Waals surface area (Å²) in [5.41, 5.74) is 3.91. The van der Waals surface area contributed by atoms with E-state index in [-0.39, 0.29) is 6.54 Å². The highest BCUT2D eigenvalue weighted by molar-refractivity contribution is 5.82. The fraction of sp³-hybridized carbons (Fsp3) is 0.0588. The van der Waals surface area contributed by atoms with Gasteiger partial charge in [0.05, 0.1) is 6.21 Å². The first-order valence-corrected chi connectivity index (χ1v) is 7.23. The molecule has 1 N–H and O–H groups in total. The Morgan fingerprint density at radius 1 is 1.12 bits per heavy atom. The van der Waals surface area contributed by atoms with Gasteiger partial charge in [-0.25, -0.2) is 14.8 Å². The number of carbonyl (C=O) groups excluding carboxylic acids is 1. The Morgan fingerprint density at radius 2 is 1.79 bits per heavy atom. The van der Waals surface area contributed by atoms with Crippen LogP contribution in [0.3, 0.4) is 0 Å². The van der Waals surface area contributed by atoms with Crippen molar-refractivity contribution in [2.24, 2.45) is 5.10 Å². The average Bonchev–Trinajstić information content (AvgIpc) is 2.97. The molecule has 1 amide bonds. The molecule has 0 saturated heterocycles. The monoisotopic (exact) mass is 322 g/mol. The lowest BCUT2D eigenvalue weighted by molar-refractivity contribution is -0.121. The number of hydrogen-bond acceptors (Lipinski definition) is 5. The van der Waals surface area contributed by atoms with Crippen molar-refractivity contribution in [2.75, 3.05) is 0 Å². The highest BCUT2D eigenvalue weighted by Gasteiger charge is 2.15. The third-order valence-corrected chi connectivity index (χ3v) is 3.22. The normalized spacial score (nSPS) is 10.8. The fourth-order valence-electron chi connectivity index (χ4n) is 2.10. The largest absolute Gasteiger partial charge is 0.442 e. The highest BCUT2D eigenvalue weighted by atomic mass is 16.5. The molecule has 1 heterocycles. The lowest BCUT2D eigenvalue weighted by atomic mass is 10.2. The summed E-state index contributed by atoms with van der Waals surface area (Å²) in [6, 6.07) is 18.3. The minimum atomic E-state index is -0.698. The zero-order chi connectivity index (χ0) is 16.8. The van der Waals surface area contributed by atoms with Crippen molar-refractivity contribution in [3.63, 3.8) is 0 Å². The molecule has 0 aliphatic rings. The summed E-state index contributed by atoms with van der Waals surface area (Å²) < 4.78 is 5.82. The van der Waals surface area contributed by atoms with E-state index in [1.54, 1.807) is 12.1 Å². The van der Waals surface area contributed by atoms with Crippen LogP contribution in [-0.2, 0) is 11.3 Å². The van der Waals surface area contributed by atoms with Gasteiger partial charge >= 0.3 is 5.76 Å². The predicted octanol–water partition coefficient (Wildman–Crippen LogP) is 1.65. The molecule has 0 atom stereocenters. The maximum Gasteiger partial charge on any atom is 0.442 e. The van der Waals surface area contributed by atoms with Crippen molar-refractivity contribution in [1.82, 2.24) is 15.1 Å². The molecule has 7 heteroatoms. The van der Waals surface area contributed by atoms with E-state index >= 15 is 0 Å². The average molecular weight is 322 g/mol. The van der Waals surface area contributed by atoms with Crippen LogP contribution < -0.4 is 11.2 Å². The molecule has 3 rings (SSSR count). The molecule has 120 valence electrons. The minimum Gasteiger partial charge on any atom is -0.295 e. The van der Waals surface area contributed by atoms with E-state index in [0.29, 0.717) is 11.4 Å². The second-order valence-electron chi connectivity index (χ2n) is 4.93. The van der Waals surface area contributed by atoms with Gasteiger partial charge in [-0.15, -0.1) is 0 Å². The maximum absolute atomic E-state index is 12.0. The van der Waals surface area contributed by atoms with E-state index in [1.165, 1.54) is 6.21 Å². The van der Waals surface area contributed by atoms with Crippen LogP contribution in [-0.4, -0.2) is 21.8 Å². The summed E-state index contributed by atoms with van der Waals surface area (Å²) in [5.74, 6) is -0.858. The molecular weight excluding hydrogens is 308 g/mol. The number of nitrogens with zero attached hydrogens (tertiary/aromatic N) is 3. The lowest BCUT2D eigenvalue weighted by Gasteiger charge is -2.03. The Hall–Kier alpha value is -3.48. The van der Waals surface area contributed by atoms with Gasteiger partial charge in [0.2, 0.25) is 0 Å². The third kappa shape index (κ3) is 3.64. The lowest BCUT2D eigenvalue weighted by Crippen LogP contribution is -2.28. The van der Waals surface area contributed by atoms with Gasteiger partial charge in [-0.1, -0.05) is 65.8 Å². The topological polar surface area (TPSA) is 89.5 Å². The van der Waals surface area contributed by atoms with Gasteiger partial charge in [0.1, 0.15) is 6.54 Å². The van der Waals surface area contributed by atoms with E-state index in [2.05, 4.69) is 20.2 Å². The highest BCUT2D eigenvalue weighted by Crippen LogP contribution is 2.14. The standard InChI is InChI=1S/C17H14N4O3/c22-15(19-18-11-13-7-3-1-4-8-13)12-21-16(20-24-17(21)23)14-9-5-2-6-10-14/h1-11H,12H2,(H,19,22). The molecule has 1 aromatic heterocycles. The Kier molecular flexibility index (Phi) is 4.62. The summed E-state index contributed by atoms with van der Waals surface area (Å²) in [6.45, 7) is -0.237. The van der Waals surface area contributed by atoms with Crippen molar-refractivity contribution in [2.45, 2.75) is 6.54 Å². The quantitative estimate of drug-likeness (QED) is 0.571.